The number of carbonyl (C=O) groups is 1. The van der Waals surface area contributed by atoms with Gasteiger partial charge in [-0.05, 0) is 0 Å². The molecule has 0 bridgehead atoms. The third-order valence-electron chi connectivity index (χ3n) is 0.243. The topological polar surface area (TPSA) is 101 Å². The molecule has 0 amide bonds. The smallest absolute Gasteiger partial charge is 0.832 e. The standard InChI is InChI=1S/C2HF3O2.BH2O3.K/c3-2(4,5)1(6)7;2-1(3)4;/h(H,6,7);2-3H;/q;-1;+1. The van der Waals surface area contributed by atoms with Crippen molar-refractivity contribution >= 4 is 13.3 Å². The number of alkyl halides is 3. The van der Waals surface area contributed by atoms with E-state index < -0.39 is 19.5 Å². The van der Waals surface area contributed by atoms with Crippen molar-refractivity contribution < 1.29 is 89.5 Å². The number of aliphatic carboxylic acids is 1. The van der Waals surface area contributed by atoms with E-state index in [4.69, 9.17) is 25.0 Å². The maximum Gasteiger partial charge on any atom is 1.00 e. The molecular formula is C2H3BF3KO5. The third-order valence-corrected chi connectivity index (χ3v) is 0.243. The summed E-state index contributed by atoms with van der Waals surface area (Å²) >= 11 is 0. The van der Waals surface area contributed by atoms with Gasteiger partial charge in [0, 0.05) is 0 Å². The predicted octanol–water partition coefficient (Wildman–Crippen LogP) is -5.05. The Balaban J connectivity index is -0.000000142. The number of hydrogen-bond acceptors (Lipinski definition) is 4. The van der Waals surface area contributed by atoms with Crippen molar-refractivity contribution in [3.63, 3.8) is 0 Å². The molecule has 10 heteroatoms. The van der Waals surface area contributed by atoms with E-state index in [1.807, 2.05) is 0 Å². The van der Waals surface area contributed by atoms with Crippen LogP contribution in [0.5, 0.6) is 0 Å². The fourth-order valence-electron chi connectivity index (χ4n) is 0. The van der Waals surface area contributed by atoms with E-state index in [-0.39, 0.29) is 51.4 Å². The first-order valence-corrected chi connectivity index (χ1v) is 2.00. The molecule has 0 unspecified atom stereocenters. The predicted molar refractivity (Wildman–Crippen MR) is 23.9 cm³/mol. The van der Waals surface area contributed by atoms with Crippen molar-refractivity contribution in [1.82, 2.24) is 0 Å². The van der Waals surface area contributed by atoms with E-state index in [0.29, 0.717) is 0 Å². The molecule has 0 aromatic heterocycles. The SMILES string of the molecule is O=C(O)C(F)(F)F.[K+].[O-]B(O)O. The van der Waals surface area contributed by atoms with Gasteiger partial charge < -0.3 is 20.2 Å². The summed E-state index contributed by atoms with van der Waals surface area (Å²) < 4.78 is 31.7. The van der Waals surface area contributed by atoms with Crippen LogP contribution in [0, 0.1) is 0 Å². The largest absolute Gasteiger partial charge is 1.00 e. The van der Waals surface area contributed by atoms with Crippen LogP contribution in [-0.4, -0.2) is 34.6 Å². The Kier molecular flexibility index (Phi) is 13.1. The molecule has 0 aliphatic heterocycles. The van der Waals surface area contributed by atoms with Gasteiger partial charge >= 0.3 is 70.9 Å². The first kappa shape index (κ1) is 18.6. The molecule has 0 aromatic rings. The minimum atomic E-state index is -5.08. The summed E-state index contributed by atoms with van der Waals surface area (Å²) in [4.78, 5) is 8.90. The van der Waals surface area contributed by atoms with Crippen LogP contribution in [0.1, 0.15) is 0 Å². The van der Waals surface area contributed by atoms with Crippen molar-refractivity contribution in [1.29, 1.82) is 0 Å². The molecule has 0 heterocycles. The van der Waals surface area contributed by atoms with Crippen molar-refractivity contribution in [2.24, 2.45) is 0 Å². The van der Waals surface area contributed by atoms with Crippen LogP contribution >= 0.6 is 0 Å². The summed E-state index contributed by atoms with van der Waals surface area (Å²) in [5.41, 5.74) is 0. The molecule has 0 aliphatic carbocycles. The van der Waals surface area contributed by atoms with Crippen LogP contribution in [0.15, 0.2) is 0 Å². The monoisotopic (exact) mass is 214 g/mol. The molecule has 0 saturated heterocycles. The molecule has 0 saturated carbocycles. The summed E-state index contributed by atoms with van der Waals surface area (Å²) in [6, 6.07) is 0. The van der Waals surface area contributed by atoms with Gasteiger partial charge in [-0.25, -0.2) is 4.79 Å². The van der Waals surface area contributed by atoms with Crippen molar-refractivity contribution in [2.75, 3.05) is 0 Å². The Morgan fingerprint density at radius 1 is 1.33 bits per heavy atom. The first-order valence-electron chi connectivity index (χ1n) is 2.00. The maximum absolute atomic E-state index is 10.6. The zero-order valence-electron chi connectivity index (χ0n) is 5.87. The summed E-state index contributed by atoms with van der Waals surface area (Å²) in [5.74, 6) is -2.76. The van der Waals surface area contributed by atoms with E-state index >= 15 is 0 Å². The molecule has 0 radical (unpaired) electrons. The van der Waals surface area contributed by atoms with Crippen LogP contribution in [0.4, 0.5) is 13.2 Å². The molecule has 12 heavy (non-hydrogen) atoms. The summed E-state index contributed by atoms with van der Waals surface area (Å²) in [6.07, 6.45) is -5.08. The summed E-state index contributed by atoms with van der Waals surface area (Å²) in [5, 5.41) is 29.9. The Morgan fingerprint density at radius 2 is 1.42 bits per heavy atom. The number of hydrogen-bond donors (Lipinski definition) is 3. The minimum Gasteiger partial charge on any atom is -0.832 e. The Labute approximate surface area is 108 Å². The van der Waals surface area contributed by atoms with Crippen LogP contribution in [0.3, 0.4) is 0 Å². The molecule has 0 aliphatic rings. The van der Waals surface area contributed by atoms with E-state index in [1.165, 1.54) is 0 Å². The van der Waals surface area contributed by atoms with Gasteiger partial charge in [0.05, 0.1) is 0 Å². The second kappa shape index (κ2) is 8.44. The van der Waals surface area contributed by atoms with Gasteiger partial charge in [0.25, 0.3) is 0 Å². The zero-order valence-corrected chi connectivity index (χ0v) is 8.99. The Hall–Kier alpha value is 0.841. The summed E-state index contributed by atoms with van der Waals surface area (Å²) in [6.45, 7) is 0. The van der Waals surface area contributed by atoms with Gasteiger partial charge in [0.1, 0.15) is 0 Å². The van der Waals surface area contributed by atoms with E-state index in [1.54, 1.807) is 0 Å². The fraction of sp³-hybridized carbons (Fsp3) is 0.500. The zero-order chi connectivity index (χ0) is 9.65. The number of rotatable bonds is 0. The number of halogens is 3. The normalized spacial score (nSPS) is 8.83. The molecular weight excluding hydrogens is 211 g/mol. The second-order valence-corrected chi connectivity index (χ2v) is 1.13. The van der Waals surface area contributed by atoms with Crippen molar-refractivity contribution in [3.05, 3.63) is 0 Å². The average molecular weight is 214 g/mol. The molecule has 0 atom stereocenters. The fourth-order valence-corrected chi connectivity index (χ4v) is 0. The Morgan fingerprint density at radius 3 is 1.42 bits per heavy atom. The van der Waals surface area contributed by atoms with Crippen LogP contribution in [0.2, 0.25) is 0 Å². The molecule has 0 fully saturated rings. The van der Waals surface area contributed by atoms with Crippen molar-refractivity contribution in [3.8, 4) is 0 Å². The summed E-state index contributed by atoms with van der Waals surface area (Å²) in [7, 11) is -2.42. The van der Waals surface area contributed by atoms with Gasteiger partial charge in [0.2, 0.25) is 0 Å². The van der Waals surface area contributed by atoms with Crippen LogP contribution in [-0.2, 0) is 4.79 Å². The Bertz CT molecular complexity index is 124. The van der Waals surface area contributed by atoms with Crippen LogP contribution in [0.25, 0.3) is 0 Å². The van der Waals surface area contributed by atoms with E-state index in [2.05, 4.69) is 0 Å². The molecule has 0 rings (SSSR count). The quantitative estimate of drug-likeness (QED) is 0.350. The molecule has 0 spiro atoms. The number of carboxylic acids is 1. The minimum absolute atomic E-state index is 0. The van der Waals surface area contributed by atoms with Gasteiger partial charge in [-0.15, -0.1) is 0 Å². The molecule has 66 valence electrons. The van der Waals surface area contributed by atoms with E-state index in [9.17, 15) is 13.2 Å². The number of carboxylic acid groups (broad SMARTS) is 1. The average Bonchev–Trinajstić information content (AvgIpc) is 1.59. The van der Waals surface area contributed by atoms with Crippen molar-refractivity contribution in [2.45, 2.75) is 6.18 Å². The first-order chi connectivity index (χ1) is 4.68. The maximum atomic E-state index is 10.6. The third kappa shape index (κ3) is 22.4. The van der Waals surface area contributed by atoms with Gasteiger partial charge in [-0.3, -0.25) is 0 Å². The van der Waals surface area contributed by atoms with Gasteiger partial charge in [-0.2, -0.15) is 13.2 Å². The molecule has 0 aromatic carbocycles. The van der Waals surface area contributed by atoms with E-state index in [0.717, 1.165) is 0 Å². The van der Waals surface area contributed by atoms with Gasteiger partial charge in [-0.1, -0.05) is 0 Å². The molecule has 3 N–H and O–H groups in total. The second-order valence-electron chi connectivity index (χ2n) is 1.13. The van der Waals surface area contributed by atoms with Crippen LogP contribution < -0.4 is 56.4 Å². The van der Waals surface area contributed by atoms with Gasteiger partial charge in [0.15, 0.2) is 0 Å². The molecule has 5 nitrogen and oxygen atoms in total.